The summed E-state index contributed by atoms with van der Waals surface area (Å²) in [6.45, 7) is 4.89. The quantitative estimate of drug-likeness (QED) is 0.281. The van der Waals surface area contributed by atoms with Gasteiger partial charge in [0.05, 0.1) is 6.54 Å². The highest BCUT2D eigenvalue weighted by molar-refractivity contribution is 14.0. The molecule has 0 amide bonds. The third kappa shape index (κ3) is 6.73. The smallest absolute Gasteiger partial charge is 0.191 e. The molecule has 0 unspecified atom stereocenters. The summed E-state index contributed by atoms with van der Waals surface area (Å²) in [7, 11) is 1.75. The Balaban J connectivity index is 0.00000288. The SMILES string of the molecule is CCc1nncn1CCNC(=NC)NCCOc1ccccc1.I. The van der Waals surface area contributed by atoms with Gasteiger partial charge in [-0.2, -0.15) is 0 Å². The van der Waals surface area contributed by atoms with Gasteiger partial charge in [0.25, 0.3) is 0 Å². The van der Waals surface area contributed by atoms with Gasteiger partial charge in [-0.15, -0.1) is 34.2 Å². The molecule has 1 aromatic heterocycles. The minimum Gasteiger partial charge on any atom is -0.492 e. The van der Waals surface area contributed by atoms with E-state index in [2.05, 4.69) is 32.7 Å². The fourth-order valence-corrected chi connectivity index (χ4v) is 2.11. The highest BCUT2D eigenvalue weighted by atomic mass is 127. The molecule has 2 aromatic rings. The van der Waals surface area contributed by atoms with Crippen molar-refractivity contribution in [3.05, 3.63) is 42.5 Å². The first kappa shape index (κ1) is 20.2. The van der Waals surface area contributed by atoms with Crippen LogP contribution in [0.25, 0.3) is 0 Å². The van der Waals surface area contributed by atoms with Crippen LogP contribution in [0.3, 0.4) is 0 Å². The highest BCUT2D eigenvalue weighted by Gasteiger charge is 2.02. The minimum absolute atomic E-state index is 0. The van der Waals surface area contributed by atoms with E-state index < -0.39 is 0 Å². The lowest BCUT2D eigenvalue weighted by Crippen LogP contribution is -2.40. The molecule has 0 saturated carbocycles. The maximum Gasteiger partial charge on any atom is 0.191 e. The van der Waals surface area contributed by atoms with E-state index in [0.717, 1.165) is 37.0 Å². The molecule has 24 heavy (non-hydrogen) atoms. The minimum atomic E-state index is 0. The van der Waals surface area contributed by atoms with E-state index in [-0.39, 0.29) is 24.0 Å². The number of nitrogens with zero attached hydrogens (tertiary/aromatic N) is 4. The molecule has 2 rings (SSSR count). The summed E-state index contributed by atoms with van der Waals surface area (Å²) >= 11 is 0. The fraction of sp³-hybridized carbons (Fsp3) is 0.438. The number of guanidine groups is 1. The van der Waals surface area contributed by atoms with Crippen LogP contribution in [0.15, 0.2) is 41.7 Å². The number of ether oxygens (including phenoxy) is 1. The number of aryl methyl sites for hydroxylation is 1. The molecule has 0 aliphatic heterocycles. The van der Waals surface area contributed by atoms with E-state index >= 15 is 0 Å². The summed E-state index contributed by atoms with van der Waals surface area (Å²) in [5, 5.41) is 14.5. The van der Waals surface area contributed by atoms with Gasteiger partial charge in [-0.1, -0.05) is 25.1 Å². The number of rotatable bonds is 8. The van der Waals surface area contributed by atoms with E-state index in [1.165, 1.54) is 0 Å². The van der Waals surface area contributed by atoms with Crippen LogP contribution in [0.2, 0.25) is 0 Å². The maximum atomic E-state index is 5.63. The van der Waals surface area contributed by atoms with Crippen molar-refractivity contribution in [2.75, 3.05) is 26.7 Å². The first-order chi connectivity index (χ1) is 11.3. The number of halogens is 1. The zero-order chi connectivity index (χ0) is 16.3. The molecule has 132 valence electrons. The van der Waals surface area contributed by atoms with Crippen molar-refractivity contribution in [2.24, 2.45) is 4.99 Å². The van der Waals surface area contributed by atoms with Crippen molar-refractivity contribution in [3.8, 4) is 5.75 Å². The first-order valence-corrected chi connectivity index (χ1v) is 7.82. The van der Waals surface area contributed by atoms with Crippen LogP contribution in [0.1, 0.15) is 12.7 Å². The molecule has 2 N–H and O–H groups in total. The molecule has 8 heteroatoms. The Labute approximate surface area is 159 Å². The lowest BCUT2D eigenvalue weighted by Gasteiger charge is -2.13. The predicted octanol–water partition coefficient (Wildman–Crippen LogP) is 1.70. The number of aliphatic imine (C=N–C) groups is 1. The van der Waals surface area contributed by atoms with E-state index in [0.29, 0.717) is 13.2 Å². The van der Waals surface area contributed by atoms with Crippen LogP contribution in [-0.4, -0.2) is 47.5 Å². The normalized spacial score (nSPS) is 10.8. The summed E-state index contributed by atoms with van der Waals surface area (Å²) in [6, 6.07) is 9.77. The van der Waals surface area contributed by atoms with Crippen LogP contribution in [-0.2, 0) is 13.0 Å². The average Bonchev–Trinajstić information content (AvgIpc) is 3.05. The molecule has 0 bridgehead atoms. The number of para-hydroxylation sites is 1. The molecule has 0 radical (unpaired) electrons. The topological polar surface area (TPSA) is 76.4 Å². The van der Waals surface area contributed by atoms with E-state index in [1.807, 2.05) is 34.9 Å². The zero-order valence-electron chi connectivity index (χ0n) is 14.1. The summed E-state index contributed by atoms with van der Waals surface area (Å²) in [4.78, 5) is 4.19. The zero-order valence-corrected chi connectivity index (χ0v) is 16.4. The van der Waals surface area contributed by atoms with Crippen LogP contribution in [0, 0.1) is 0 Å². The van der Waals surface area contributed by atoms with Gasteiger partial charge in [0.15, 0.2) is 5.96 Å². The number of nitrogens with one attached hydrogen (secondary N) is 2. The number of hydrogen-bond acceptors (Lipinski definition) is 4. The third-order valence-corrected chi connectivity index (χ3v) is 3.29. The molecule has 0 spiro atoms. The molecule has 0 saturated heterocycles. The van der Waals surface area contributed by atoms with Gasteiger partial charge < -0.3 is 19.9 Å². The lowest BCUT2D eigenvalue weighted by atomic mass is 10.3. The molecular formula is C16H25IN6O. The van der Waals surface area contributed by atoms with Crippen molar-refractivity contribution < 1.29 is 4.74 Å². The first-order valence-electron chi connectivity index (χ1n) is 7.82. The van der Waals surface area contributed by atoms with Gasteiger partial charge in [-0.25, -0.2) is 0 Å². The molecule has 0 aliphatic rings. The fourth-order valence-electron chi connectivity index (χ4n) is 2.11. The third-order valence-electron chi connectivity index (χ3n) is 3.29. The largest absolute Gasteiger partial charge is 0.492 e. The van der Waals surface area contributed by atoms with Gasteiger partial charge >= 0.3 is 0 Å². The molecule has 7 nitrogen and oxygen atoms in total. The molecular weight excluding hydrogens is 419 g/mol. The summed E-state index contributed by atoms with van der Waals surface area (Å²) in [6.07, 6.45) is 2.63. The Kier molecular flexibility index (Phi) is 9.81. The van der Waals surface area contributed by atoms with E-state index in [9.17, 15) is 0 Å². The van der Waals surface area contributed by atoms with Crippen molar-refractivity contribution in [3.63, 3.8) is 0 Å². The number of aromatic nitrogens is 3. The van der Waals surface area contributed by atoms with Crippen molar-refractivity contribution in [1.29, 1.82) is 0 Å². The average molecular weight is 444 g/mol. The Hall–Kier alpha value is -1.84. The molecule has 0 aliphatic carbocycles. The van der Waals surface area contributed by atoms with Gasteiger partial charge in [-0.05, 0) is 12.1 Å². The van der Waals surface area contributed by atoms with Gasteiger partial charge in [0, 0.05) is 26.6 Å². The van der Waals surface area contributed by atoms with Crippen LogP contribution in [0.5, 0.6) is 5.75 Å². The Morgan fingerprint density at radius 3 is 2.67 bits per heavy atom. The highest BCUT2D eigenvalue weighted by Crippen LogP contribution is 2.07. The summed E-state index contributed by atoms with van der Waals surface area (Å²) in [5.74, 6) is 2.62. The monoisotopic (exact) mass is 444 g/mol. The second-order valence-corrected chi connectivity index (χ2v) is 4.88. The summed E-state index contributed by atoms with van der Waals surface area (Å²) in [5.41, 5.74) is 0. The van der Waals surface area contributed by atoms with Crippen LogP contribution in [0.4, 0.5) is 0 Å². The second kappa shape index (κ2) is 11.7. The van der Waals surface area contributed by atoms with Crippen molar-refractivity contribution in [2.45, 2.75) is 19.9 Å². The van der Waals surface area contributed by atoms with Gasteiger partial charge in [0.2, 0.25) is 0 Å². The molecule has 1 aromatic carbocycles. The standard InChI is InChI=1S/C16H24N6O.HI/c1-3-15-21-20-13-22(15)11-9-18-16(17-2)19-10-12-23-14-7-5-4-6-8-14;/h4-8,13H,3,9-12H2,1-2H3,(H2,17,18,19);1H. The van der Waals surface area contributed by atoms with E-state index in [4.69, 9.17) is 4.74 Å². The Morgan fingerprint density at radius 2 is 1.96 bits per heavy atom. The van der Waals surface area contributed by atoms with Crippen LogP contribution < -0.4 is 15.4 Å². The number of hydrogen-bond donors (Lipinski definition) is 2. The molecule has 1 heterocycles. The molecule has 0 atom stereocenters. The molecule has 0 fully saturated rings. The van der Waals surface area contributed by atoms with Crippen molar-refractivity contribution in [1.82, 2.24) is 25.4 Å². The predicted molar refractivity (Wildman–Crippen MR) is 106 cm³/mol. The Bertz CT molecular complexity index is 602. The Morgan fingerprint density at radius 1 is 1.21 bits per heavy atom. The maximum absolute atomic E-state index is 5.63. The second-order valence-electron chi connectivity index (χ2n) is 4.88. The van der Waals surface area contributed by atoms with Crippen LogP contribution >= 0.6 is 24.0 Å². The van der Waals surface area contributed by atoms with Gasteiger partial charge in [0.1, 0.15) is 24.5 Å². The van der Waals surface area contributed by atoms with Crippen molar-refractivity contribution >= 4 is 29.9 Å². The summed E-state index contributed by atoms with van der Waals surface area (Å²) < 4.78 is 7.67. The van der Waals surface area contributed by atoms with E-state index in [1.54, 1.807) is 13.4 Å². The lowest BCUT2D eigenvalue weighted by molar-refractivity contribution is 0.322. The van der Waals surface area contributed by atoms with Gasteiger partial charge in [-0.3, -0.25) is 4.99 Å². The number of benzene rings is 1.